The molecule has 136 valence electrons. The summed E-state index contributed by atoms with van der Waals surface area (Å²) in [5.41, 5.74) is 0.400. The summed E-state index contributed by atoms with van der Waals surface area (Å²) in [7, 11) is 5.04. The van der Waals surface area contributed by atoms with Crippen LogP contribution in [0.5, 0.6) is 0 Å². The summed E-state index contributed by atoms with van der Waals surface area (Å²) >= 11 is 7.31. The number of ether oxygens (including phenoxy) is 1. The molecule has 0 aliphatic rings. The average Bonchev–Trinajstić information content (AvgIpc) is 2.56. The number of rotatable bonds is 7. The third-order valence-electron chi connectivity index (χ3n) is 3.68. The summed E-state index contributed by atoms with van der Waals surface area (Å²) in [6, 6.07) is 5.03. The van der Waals surface area contributed by atoms with Crippen LogP contribution in [0.1, 0.15) is 13.3 Å². The lowest BCUT2D eigenvalue weighted by atomic mass is 10.2. The van der Waals surface area contributed by atoms with Crippen LogP contribution in [-0.2, 0) is 16.1 Å². The third kappa shape index (κ3) is 4.74. The van der Waals surface area contributed by atoms with Crippen LogP contribution < -0.4 is 5.56 Å². The third-order valence-corrected chi connectivity index (χ3v) is 5.00. The quantitative estimate of drug-likeness (QED) is 0.418. The minimum atomic E-state index is -0.354. The monoisotopic (exact) mass is 383 g/mol. The van der Waals surface area contributed by atoms with E-state index in [-0.39, 0.29) is 16.7 Å². The summed E-state index contributed by atoms with van der Waals surface area (Å²) in [5.74, 6) is -0.0334. The molecule has 0 saturated heterocycles. The Hall–Kier alpha value is -1.57. The molecule has 0 fully saturated rings. The molecule has 0 radical (unpaired) electrons. The largest absolute Gasteiger partial charge is 0.385 e. The highest BCUT2D eigenvalue weighted by Gasteiger charge is 2.20. The Morgan fingerprint density at radius 1 is 1.44 bits per heavy atom. The number of halogens is 1. The van der Waals surface area contributed by atoms with E-state index in [0.717, 1.165) is 0 Å². The van der Waals surface area contributed by atoms with Gasteiger partial charge in [0.05, 0.1) is 16.2 Å². The highest BCUT2D eigenvalue weighted by atomic mass is 35.5. The molecular formula is C17H22ClN3O3S. The van der Waals surface area contributed by atoms with E-state index in [2.05, 4.69) is 4.98 Å². The summed E-state index contributed by atoms with van der Waals surface area (Å²) in [4.78, 5) is 31.2. The van der Waals surface area contributed by atoms with Crippen LogP contribution in [0.25, 0.3) is 10.9 Å². The van der Waals surface area contributed by atoms with Crippen LogP contribution >= 0.6 is 23.4 Å². The number of thioether (sulfide) groups is 1. The van der Waals surface area contributed by atoms with Gasteiger partial charge in [-0.25, -0.2) is 4.98 Å². The van der Waals surface area contributed by atoms with Gasteiger partial charge in [-0.15, -0.1) is 0 Å². The van der Waals surface area contributed by atoms with Crippen molar-refractivity contribution >= 4 is 40.2 Å². The zero-order valence-electron chi connectivity index (χ0n) is 14.8. The maximum Gasteiger partial charge on any atom is 0.262 e. The Morgan fingerprint density at radius 3 is 2.80 bits per heavy atom. The van der Waals surface area contributed by atoms with Crippen LogP contribution in [0.2, 0.25) is 5.02 Å². The number of hydrogen-bond donors (Lipinski definition) is 0. The number of benzene rings is 1. The zero-order valence-corrected chi connectivity index (χ0v) is 16.4. The molecule has 0 aliphatic carbocycles. The van der Waals surface area contributed by atoms with Crippen molar-refractivity contribution in [3.8, 4) is 0 Å². The van der Waals surface area contributed by atoms with Gasteiger partial charge in [-0.1, -0.05) is 23.4 Å². The maximum atomic E-state index is 12.9. The second-order valence-electron chi connectivity index (χ2n) is 5.85. The Kier molecular flexibility index (Phi) is 6.87. The van der Waals surface area contributed by atoms with Gasteiger partial charge < -0.3 is 9.64 Å². The summed E-state index contributed by atoms with van der Waals surface area (Å²) in [6.07, 6.45) is 0.681. The van der Waals surface area contributed by atoms with Crippen molar-refractivity contribution in [2.24, 2.45) is 0 Å². The maximum absolute atomic E-state index is 12.9. The van der Waals surface area contributed by atoms with Crippen molar-refractivity contribution in [3.05, 3.63) is 33.6 Å². The van der Waals surface area contributed by atoms with E-state index in [4.69, 9.17) is 16.3 Å². The van der Waals surface area contributed by atoms with E-state index in [9.17, 15) is 9.59 Å². The first-order valence-corrected chi connectivity index (χ1v) is 9.17. The first-order chi connectivity index (χ1) is 11.8. The lowest BCUT2D eigenvalue weighted by Crippen LogP contribution is -2.31. The summed E-state index contributed by atoms with van der Waals surface area (Å²) in [5, 5.41) is 1.19. The van der Waals surface area contributed by atoms with Crippen molar-refractivity contribution in [2.45, 2.75) is 30.3 Å². The van der Waals surface area contributed by atoms with Crippen LogP contribution in [0.15, 0.2) is 28.2 Å². The molecule has 2 aromatic rings. The highest BCUT2D eigenvalue weighted by molar-refractivity contribution is 8.00. The van der Waals surface area contributed by atoms with E-state index in [1.165, 1.54) is 16.7 Å². The molecule has 0 spiro atoms. The second kappa shape index (κ2) is 8.69. The van der Waals surface area contributed by atoms with Crippen molar-refractivity contribution < 1.29 is 9.53 Å². The minimum absolute atomic E-state index is 0.0334. The number of aromatic nitrogens is 2. The first kappa shape index (κ1) is 19.8. The van der Waals surface area contributed by atoms with Gasteiger partial charge in [0.25, 0.3) is 5.56 Å². The number of carbonyl (C=O) groups is 1. The molecule has 25 heavy (non-hydrogen) atoms. The highest BCUT2D eigenvalue weighted by Crippen LogP contribution is 2.24. The summed E-state index contributed by atoms with van der Waals surface area (Å²) < 4.78 is 6.69. The van der Waals surface area contributed by atoms with Crippen LogP contribution in [-0.4, -0.2) is 53.4 Å². The number of methoxy groups -OCH3 is 1. The van der Waals surface area contributed by atoms with Crippen molar-refractivity contribution in [1.82, 2.24) is 14.5 Å². The molecule has 0 bridgehead atoms. The van der Waals surface area contributed by atoms with Crippen LogP contribution in [0.4, 0.5) is 0 Å². The molecule has 1 aromatic heterocycles. The number of nitrogens with zero attached hydrogens (tertiary/aromatic N) is 3. The van der Waals surface area contributed by atoms with E-state index in [1.54, 1.807) is 50.9 Å². The van der Waals surface area contributed by atoms with Gasteiger partial charge >= 0.3 is 0 Å². The minimum Gasteiger partial charge on any atom is -0.385 e. The van der Waals surface area contributed by atoms with Gasteiger partial charge in [-0.05, 0) is 31.5 Å². The number of amides is 1. The van der Waals surface area contributed by atoms with Crippen molar-refractivity contribution in [1.29, 1.82) is 0 Å². The molecule has 1 atom stereocenters. The predicted octanol–water partition coefficient (Wildman–Crippen LogP) is 2.66. The molecular weight excluding hydrogens is 362 g/mol. The van der Waals surface area contributed by atoms with Crippen LogP contribution in [0.3, 0.4) is 0 Å². The molecule has 0 saturated carbocycles. The number of hydrogen-bond acceptors (Lipinski definition) is 5. The molecule has 6 nitrogen and oxygen atoms in total. The van der Waals surface area contributed by atoms with E-state index in [1.807, 2.05) is 0 Å². The topological polar surface area (TPSA) is 64.4 Å². The Balaban J connectivity index is 2.48. The van der Waals surface area contributed by atoms with Gasteiger partial charge in [0.15, 0.2) is 5.16 Å². The van der Waals surface area contributed by atoms with Crippen LogP contribution in [0, 0.1) is 0 Å². The Labute approximate surface area is 156 Å². The number of carbonyl (C=O) groups excluding carboxylic acids is 1. The average molecular weight is 384 g/mol. The molecule has 8 heteroatoms. The standard InChI is InChI=1S/C17H22ClN3O3S/c1-11(15(22)20(2)3)25-17-19-14-10-12(18)6-7-13(14)16(23)21(17)8-5-9-24-4/h6-7,10-11H,5,8-9H2,1-4H3. The lowest BCUT2D eigenvalue weighted by molar-refractivity contribution is -0.127. The molecule has 0 aliphatic heterocycles. The predicted molar refractivity (Wildman–Crippen MR) is 102 cm³/mol. The van der Waals surface area contributed by atoms with E-state index < -0.39 is 0 Å². The molecule has 1 amide bonds. The Bertz CT molecular complexity index is 823. The fraction of sp³-hybridized carbons (Fsp3) is 0.471. The number of fused-ring (bicyclic) bond motifs is 1. The fourth-order valence-corrected chi connectivity index (χ4v) is 3.65. The molecule has 1 heterocycles. The van der Waals surface area contributed by atoms with E-state index in [0.29, 0.717) is 40.7 Å². The summed E-state index contributed by atoms with van der Waals surface area (Å²) in [6.45, 7) is 2.83. The van der Waals surface area contributed by atoms with Gasteiger partial charge in [-0.2, -0.15) is 0 Å². The smallest absolute Gasteiger partial charge is 0.262 e. The molecule has 1 aromatic carbocycles. The van der Waals surface area contributed by atoms with Gasteiger partial charge in [0, 0.05) is 39.4 Å². The molecule has 2 rings (SSSR count). The fourth-order valence-electron chi connectivity index (χ4n) is 2.40. The molecule has 0 N–H and O–H groups in total. The Morgan fingerprint density at radius 2 is 2.16 bits per heavy atom. The normalized spacial score (nSPS) is 12.4. The van der Waals surface area contributed by atoms with Gasteiger partial charge in [-0.3, -0.25) is 14.2 Å². The molecule has 1 unspecified atom stereocenters. The van der Waals surface area contributed by atoms with E-state index >= 15 is 0 Å². The van der Waals surface area contributed by atoms with Gasteiger partial charge in [0.2, 0.25) is 5.91 Å². The second-order valence-corrected chi connectivity index (χ2v) is 7.60. The van der Waals surface area contributed by atoms with Crippen molar-refractivity contribution in [2.75, 3.05) is 27.8 Å². The zero-order chi connectivity index (χ0) is 18.6. The SMILES string of the molecule is COCCCn1c(SC(C)C(=O)N(C)C)nc2cc(Cl)ccc2c1=O. The van der Waals surface area contributed by atoms with Gasteiger partial charge in [0.1, 0.15) is 0 Å². The first-order valence-electron chi connectivity index (χ1n) is 7.92. The lowest BCUT2D eigenvalue weighted by Gasteiger charge is -2.18. The van der Waals surface area contributed by atoms with Crippen molar-refractivity contribution in [3.63, 3.8) is 0 Å².